The molecule has 0 bridgehead atoms. The van der Waals surface area contributed by atoms with Gasteiger partial charge in [-0.05, 0) is 6.92 Å². The van der Waals surface area contributed by atoms with E-state index in [2.05, 4.69) is 30.4 Å². The van der Waals surface area contributed by atoms with Crippen molar-refractivity contribution >= 4 is 11.2 Å². The summed E-state index contributed by atoms with van der Waals surface area (Å²) in [4.78, 5) is 12.2. The maximum Gasteiger partial charge on any atom is 0.156 e. The first-order valence-corrected chi connectivity index (χ1v) is 6.16. The van der Waals surface area contributed by atoms with Gasteiger partial charge >= 0.3 is 0 Å². The molecule has 0 unspecified atom stereocenters. The van der Waals surface area contributed by atoms with Gasteiger partial charge in [0.25, 0.3) is 0 Å². The lowest BCUT2D eigenvalue weighted by atomic mass is 10.1. The molecule has 0 aliphatic carbocycles. The van der Waals surface area contributed by atoms with Crippen molar-refractivity contribution in [3.05, 3.63) is 36.7 Å². The number of fused-ring (bicyclic) bond motifs is 1. The molecule has 0 fully saturated rings. The minimum atomic E-state index is 0.756. The zero-order valence-corrected chi connectivity index (χ0v) is 10.7. The molecular weight excluding hydrogens is 254 g/mol. The smallest absolute Gasteiger partial charge is 0.156 e. The fourth-order valence-electron chi connectivity index (χ4n) is 2.25. The van der Waals surface area contributed by atoms with Gasteiger partial charge < -0.3 is 4.98 Å². The molecule has 4 heterocycles. The van der Waals surface area contributed by atoms with Gasteiger partial charge in [0, 0.05) is 34.8 Å². The second-order valence-electron chi connectivity index (χ2n) is 4.55. The second-order valence-corrected chi connectivity index (χ2v) is 4.55. The lowest BCUT2D eigenvalue weighted by Gasteiger charge is -1.99. The first-order chi connectivity index (χ1) is 9.83. The lowest BCUT2D eigenvalue weighted by Crippen LogP contribution is -1.88. The van der Waals surface area contributed by atoms with E-state index >= 15 is 0 Å². The number of H-pyrrole nitrogens is 3. The van der Waals surface area contributed by atoms with Crippen LogP contribution in [0.1, 0.15) is 5.69 Å². The van der Waals surface area contributed by atoms with Crippen molar-refractivity contribution in [2.45, 2.75) is 6.92 Å². The summed E-state index contributed by atoms with van der Waals surface area (Å²) in [6, 6.07) is 0. The molecular formula is C13H11N7. The topological polar surface area (TPSA) is 98.9 Å². The zero-order chi connectivity index (χ0) is 13.5. The number of hydrogen-bond acceptors (Lipinski definition) is 4. The van der Waals surface area contributed by atoms with Gasteiger partial charge in [0.05, 0.1) is 24.3 Å². The highest BCUT2D eigenvalue weighted by molar-refractivity contribution is 5.91. The van der Waals surface area contributed by atoms with E-state index in [-0.39, 0.29) is 0 Å². The summed E-state index contributed by atoms with van der Waals surface area (Å²) in [6.07, 6.45) is 8.99. The standard InChI is InChI=1S/C13H11N7/c1-7-9(5-18-20-7)11-6-15-13-12(19-11)10(4-14-13)8-2-16-17-3-8/h2-6H,1H3,(H,14,15)(H,16,17)(H,18,20). The SMILES string of the molecule is Cc1[nH]ncc1-c1cnc2[nH]cc(-c3cn[nH]c3)c2n1. The van der Waals surface area contributed by atoms with Crippen LogP contribution < -0.4 is 0 Å². The summed E-state index contributed by atoms with van der Waals surface area (Å²) in [7, 11) is 0. The van der Waals surface area contributed by atoms with Crippen LogP contribution in [0.2, 0.25) is 0 Å². The fourth-order valence-corrected chi connectivity index (χ4v) is 2.25. The van der Waals surface area contributed by atoms with Crippen LogP contribution in [-0.2, 0) is 0 Å². The molecule has 3 N–H and O–H groups in total. The Hall–Kier alpha value is -2.96. The Morgan fingerprint density at radius 1 is 1.00 bits per heavy atom. The summed E-state index contributed by atoms with van der Waals surface area (Å²) in [5.74, 6) is 0. The van der Waals surface area contributed by atoms with Crippen molar-refractivity contribution in [1.82, 2.24) is 35.3 Å². The van der Waals surface area contributed by atoms with Gasteiger partial charge in [0.15, 0.2) is 5.65 Å². The summed E-state index contributed by atoms with van der Waals surface area (Å²) < 4.78 is 0. The summed E-state index contributed by atoms with van der Waals surface area (Å²) in [5, 5.41) is 13.7. The molecule has 4 aromatic rings. The van der Waals surface area contributed by atoms with Crippen LogP contribution in [0, 0.1) is 6.92 Å². The van der Waals surface area contributed by atoms with Gasteiger partial charge in [-0.1, -0.05) is 0 Å². The third-order valence-corrected chi connectivity index (χ3v) is 3.30. The van der Waals surface area contributed by atoms with E-state index in [1.165, 1.54) is 0 Å². The van der Waals surface area contributed by atoms with Crippen molar-refractivity contribution in [3.8, 4) is 22.4 Å². The molecule has 0 aliphatic heterocycles. The molecule has 0 aromatic carbocycles. The summed E-state index contributed by atoms with van der Waals surface area (Å²) in [6.45, 7) is 1.96. The maximum absolute atomic E-state index is 4.70. The van der Waals surface area contributed by atoms with E-state index in [1.807, 2.05) is 19.3 Å². The largest absolute Gasteiger partial charge is 0.344 e. The van der Waals surface area contributed by atoms with Crippen molar-refractivity contribution in [2.75, 3.05) is 0 Å². The van der Waals surface area contributed by atoms with Crippen LogP contribution in [-0.4, -0.2) is 35.3 Å². The van der Waals surface area contributed by atoms with E-state index in [1.54, 1.807) is 18.6 Å². The summed E-state index contributed by atoms with van der Waals surface area (Å²) in [5.41, 5.74) is 6.26. The number of aryl methyl sites for hydroxylation is 1. The molecule has 4 aromatic heterocycles. The predicted octanol–water partition coefficient (Wildman–Crippen LogP) is 2.05. The molecule has 0 saturated heterocycles. The number of rotatable bonds is 2. The molecule has 0 atom stereocenters. The van der Waals surface area contributed by atoms with Crippen LogP contribution in [0.15, 0.2) is 31.0 Å². The van der Waals surface area contributed by atoms with Crippen molar-refractivity contribution < 1.29 is 0 Å². The number of hydrogen-bond donors (Lipinski definition) is 3. The molecule has 0 amide bonds. The van der Waals surface area contributed by atoms with Gasteiger partial charge in [-0.25, -0.2) is 9.97 Å². The van der Waals surface area contributed by atoms with Gasteiger partial charge in [0.1, 0.15) is 5.52 Å². The van der Waals surface area contributed by atoms with Crippen LogP contribution in [0.25, 0.3) is 33.5 Å². The van der Waals surface area contributed by atoms with E-state index in [4.69, 9.17) is 4.98 Å². The Balaban J connectivity index is 1.95. The van der Waals surface area contributed by atoms with Crippen LogP contribution in [0.4, 0.5) is 0 Å². The first-order valence-electron chi connectivity index (χ1n) is 6.16. The normalized spacial score (nSPS) is 11.2. The van der Waals surface area contributed by atoms with E-state index in [0.717, 1.165) is 39.2 Å². The predicted molar refractivity (Wildman–Crippen MR) is 73.8 cm³/mol. The van der Waals surface area contributed by atoms with Crippen molar-refractivity contribution in [3.63, 3.8) is 0 Å². The molecule has 98 valence electrons. The first kappa shape index (κ1) is 10.9. The third kappa shape index (κ3) is 1.53. The quantitative estimate of drug-likeness (QED) is 0.516. The number of nitrogens with one attached hydrogen (secondary N) is 3. The van der Waals surface area contributed by atoms with E-state index < -0.39 is 0 Å². The highest BCUT2D eigenvalue weighted by atomic mass is 15.1. The number of nitrogens with zero attached hydrogens (tertiary/aromatic N) is 4. The Labute approximate surface area is 113 Å². The van der Waals surface area contributed by atoms with Crippen molar-refractivity contribution in [1.29, 1.82) is 0 Å². The van der Waals surface area contributed by atoms with E-state index in [0.29, 0.717) is 0 Å². The Bertz CT molecular complexity index is 869. The molecule has 4 rings (SSSR count). The van der Waals surface area contributed by atoms with Gasteiger partial charge in [-0.15, -0.1) is 0 Å². The average Bonchev–Trinajstić information content (AvgIpc) is 3.17. The minimum Gasteiger partial charge on any atom is -0.344 e. The lowest BCUT2D eigenvalue weighted by molar-refractivity contribution is 1.05. The average molecular weight is 265 g/mol. The van der Waals surface area contributed by atoms with Gasteiger partial charge in [0.2, 0.25) is 0 Å². The van der Waals surface area contributed by atoms with Crippen molar-refractivity contribution in [2.24, 2.45) is 0 Å². The molecule has 7 heteroatoms. The Kier molecular flexibility index (Phi) is 2.19. The highest BCUT2D eigenvalue weighted by Crippen LogP contribution is 2.27. The minimum absolute atomic E-state index is 0.756. The molecule has 7 nitrogen and oxygen atoms in total. The number of aromatic amines is 3. The monoisotopic (exact) mass is 265 g/mol. The second kappa shape index (κ2) is 4.02. The van der Waals surface area contributed by atoms with Crippen LogP contribution >= 0.6 is 0 Å². The number of aromatic nitrogens is 7. The highest BCUT2D eigenvalue weighted by Gasteiger charge is 2.12. The molecule has 0 saturated carbocycles. The van der Waals surface area contributed by atoms with Crippen LogP contribution in [0.3, 0.4) is 0 Å². The maximum atomic E-state index is 4.70. The summed E-state index contributed by atoms with van der Waals surface area (Å²) >= 11 is 0. The van der Waals surface area contributed by atoms with Crippen LogP contribution in [0.5, 0.6) is 0 Å². The zero-order valence-electron chi connectivity index (χ0n) is 10.7. The Morgan fingerprint density at radius 2 is 1.95 bits per heavy atom. The van der Waals surface area contributed by atoms with E-state index in [9.17, 15) is 0 Å². The third-order valence-electron chi connectivity index (χ3n) is 3.30. The molecule has 0 spiro atoms. The molecule has 0 radical (unpaired) electrons. The fraction of sp³-hybridized carbons (Fsp3) is 0.0769. The molecule has 20 heavy (non-hydrogen) atoms. The van der Waals surface area contributed by atoms with Gasteiger partial charge in [-0.3, -0.25) is 10.2 Å². The van der Waals surface area contributed by atoms with Gasteiger partial charge in [-0.2, -0.15) is 10.2 Å². The molecule has 0 aliphatic rings. The Morgan fingerprint density at radius 3 is 2.70 bits per heavy atom.